The highest BCUT2D eigenvalue weighted by Gasteiger charge is 2.17. The number of nitrogens with one attached hydrogen (secondary N) is 2. The normalized spacial score (nSPS) is 14.4. The molecule has 2 N–H and O–H groups in total. The Labute approximate surface area is 147 Å². The zero-order valence-electron chi connectivity index (χ0n) is 14.4. The largest absolute Gasteiger partial charge is 0.350 e. The summed E-state index contributed by atoms with van der Waals surface area (Å²) in [7, 11) is 0. The molecule has 1 aliphatic heterocycles. The standard InChI is InChI=1S/C20H23N3O2/c1-14(4-2-5-15-6-3-11-21-13-15)22-20(25)17-7-9-18-16(12-17)8-10-19(24)23-18/h3,6-7,9,11-14H,2,4-5,8,10H2,1H3,(H,22,25)(H,23,24). The van der Waals surface area contributed by atoms with Gasteiger partial charge in [-0.15, -0.1) is 0 Å². The Bertz CT molecular complexity index is 759. The summed E-state index contributed by atoms with van der Waals surface area (Å²) in [6, 6.07) is 9.59. The van der Waals surface area contributed by atoms with Gasteiger partial charge < -0.3 is 10.6 Å². The van der Waals surface area contributed by atoms with Crippen LogP contribution >= 0.6 is 0 Å². The molecular weight excluding hydrogens is 314 g/mol. The van der Waals surface area contributed by atoms with Gasteiger partial charge in [-0.25, -0.2) is 0 Å². The monoisotopic (exact) mass is 337 g/mol. The van der Waals surface area contributed by atoms with Crippen LogP contribution in [0.1, 0.15) is 47.7 Å². The van der Waals surface area contributed by atoms with Gasteiger partial charge in [0.05, 0.1) is 0 Å². The first kappa shape index (κ1) is 17.1. The van der Waals surface area contributed by atoms with Crippen LogP contribution < -0.4 is 10.6 Å². The molecule has 0 bridgehead atoms. The number of aromatic nitrogens is 1. The molecule has 0 fully saturated rings. The average molecular weight is 337 g/mol. The highest BCUT2D eigenvalue weighted by Crippen LogP contribution is 2.23. The SMILES string of the molecule is CC(CCCc1cccnc1)NC(=O)c1ccc2c(c1)CCC(=O)N2. The summed E-state index contributed by atoms with van der Waals surface area (Å²) < 4.78 is 0. The van der Waals surface area contributed by atoms with Gasteiger partial charge in [-0.05, 0) is 68.0 Å². The van der Waals surface area contributed by atoms with E-state index in [0.29, 0.717) is 18.4 Å². The second kappa shape index (κ2) is 7.92. The van der Waals surface area contributed by atoms with Gasteiger partial charge in [-0.3, -0.25) is 14.6 Å². The van der Waals surface area contributed by atoms with Gasteiger partial charge in [0.2, 0.25) is 5.91 Å². The molecule has 0 spiro atoms. The number of hydrogen-bond acceptors (Lipinski definition) is 3. The number of hydrogen-bond donors (Lipinski definition) is 2. The maximum Gasteiger partial charge on any atom is 0.251 e. The van der Waals surface area contributed by atoms with E-state index in [2.05, 4.69) is 21.7 Å². The Morgan fingerprint density at radius 1 is 1.32 bits per heavy atom. The summed E-state index contributed by atoms with van der Waals surface area (Å²) in [5.41, 5.74) is 3.71. The summed E-state index contributed by atoms with van der Waals surface area (Å²) in [6.45, 7) is 2.03. The van der Waals surface area contributed by atoms with Crippen LogP contribution in [0.15, 0.2) is 42.7 Å². The van der Waals surface area contributed by atoms with E-state index >= 15 is 0 Å². The third kappa shape index (κ3) is 4.66. The van der Waals surface area contributed by atoms with Crippen molar-refractivity contribution in [3.63, 3.8) is 0 Å². The molecule has 1 aliphatic rings. The molecule has 0 saturated carbocycles. The Morgan fingerprint density at radius 2 is 2.20 bits per heavy atom. The van der Waals surface area contributed by atoms with Crippen LogP contribution in [-0.4, -0.2) is 22.8 Å². The van der Waals surface area contributed by atoms with Gasteiger partial charge in [0, 0.05) is 36.1 Å². The molecular formula is C20H23N3O2. The smallest absolute Gasteiger partial charge is 0.251 e. The molecule has 25 heavy (non-hydrogen) atoms. The van der Waals surface area contributed by atoms with Crippen molar-refractivity contribution in [3.05, 3.63) is 59.4 Å². The molecule has 0 aliphatic carbocycles. The van der Waals surface area contributed by atoms with Crippen molar-refractivity contribution in [2.24, 2.45) is 0 Å². The number of carbonyl (C=O) groups excluding carboxylic acids is 2. The van der Waals surface area contributed by atoms with Crippen LogP contribution in [0.2, 0.25) is 0 Å². The third-order valence-electron chi connectivity index (χ3n) is 4.47. The van der Waals surface area contributed by atoms with Crippen molar-refractivity contribution >= 4 is 17.5 Å². The van der Waals surface area contributed by atoms with E-state index in [1.807, 2.05) is 31.3 Å². The van der Waals surface area contributed by atoms with Crippen LogP contribution in [0.3, 0.4) is 0 Å². The first-order valence-electron chi connectivity index (χ1n) is 8.74. The summed E-state index contributed by atoms with van der Waals surface area (Å²) >= 11 is 0. The second-order valence-corrected chi connectivity index (χ2v) is 6.55. The van der Waals surface area contributed by atoms with Crippen LogP contribution in [0, 0.1) is 0 Å². The molecule has 3 rings (SSSR count). The fourth-order valence-electron chi connectivity index (χ4n) is 3.06. The predicted octanol–water partition coefficient (Wildman–Crippen LogP) is 3.11. The van der Waals surface area contributed by atoms with E-state index in [9.17, 15) is 9.59 Å². The quantitative estimate of drug-likeness (QED) is 0.851. The lowest BCUT2D eigenvalue weighted by molar-refractivity contribution is -0.116. The minimum absolute atomic E-state index is 0.0342. The molecule has 130 valence electrons. The molecule has 0 saturated heterocycles. The van der Waals surface area contributed by atoms with Crippen molar-refractivity contribution in [3.8, 4) is 0 Å². The number of nitrogens with zero attached hydrogens (tertiary/aromatic N) is 1. The minimum Gasteiger partial charge on any atom is -0.350 e. The van der Waals surface area contributed by atoms with Crippen molar-refractivity contribution in [2.75, 3.05) is 5.32 Å². The van der Waals surface area contributed by atoms with Gasteiger partial charge >= 0.3 is 0 Å². The topological polar surface area (TPSA) is 71.1 Å². The van der Waals surface area contributed by atoms with Crippen LogP contribution in [-0.2, 0) is 17.6 Å². The number of pyridine rings is 1. The van der Waals surface area contributed by atoms with Crippen LogP contribution in [0.5, 0.6) is 0 Å². The third-order valence-corrected chi connectivity index (χ3v) is 4.47. The number of carbonyl (C=O) groups is 2. The van der Waals surface area contributed by atoms with Gasteiger partial charge in [0.15, 0.2) is 0 Å². The highest BCUT2D eigenvalue weighted by molar-refractivity contribution is 5.98. The van der Waals surface area contributed by atoms with Crippen LogP contribution in [0.4, 0.5) is 5.69 Å². The van der Waals surface area contributed by atoms with Crippen molar-refractivity contribution in [1.82, 2.24) is 10.3 Å². The predicted molar refractivity (Wildman–Crippen MR) is 97.5 cm³/mol. The molecule has 5 nitrogen and oxygen atoms in total. The Hall–Kier alpha value is -2.69. The lowest BCUT2D eigenvalue weighted by atomic mass is 10.00. The molecule has 5 heteroatoms. The lowest BCUT2D eigenvalue weighted by Crippen LogP contribution is -2.32. The number of rotatable bonds is 6. The fraction of sp³-hybridized carbons (Fsp3) is 0.350. The highest BCUT2D eigenvalue weighted by atomic mass is 16.2. The van der Waals surface area contributed by atoms with E-state index < -0.39 is 0 Å². The summed E-state index contributed by atoms with van der Waals surface area (Å²) in [5.74, 6) is -0.0273. The van der Waals surface area contributed by atoms with Crippen molar-refractivity contribution in [2.45, 2.75) is 45.1 Å². The number of anilines is 1. The zero-order valence-corrected chi connectivity index (χ0v) is 14.4. The van der Waals surface area contributed by atoms with E-state index in [0.717, 1.165) is 30.5 Å². The van der Waals surface area contributed by atoms with E-state index in [1.165, 1.54) is 5.56 Å². The Balaban J connectivity index is 1.50. The number of fused-ring (bicyclic) bond motifs is 1. The van der Waals surface area contributed by atoms with Crippen LogP contribution in [0.25, 0.3) is 0 Å². The van der Waals surface area contributed by atoms with E-state index in [1.54, 1.807) is 12.3 Å². The maximum atomic E-state index is 12.4. The number of amides is 2. The molecule has 1 aromatic heterocycles. The first-order valence-corrected chi connectivity index (χ1v) is 8.74. The van der Waals surface area contributed by atoms with Crippen molar-refractivity contribution in [1.29, 1.82) is 0 Å². The Kier molecular flexibility index (Phi) is 5.43. The van der Waals surface area contributed by atoms with Crippen molar-refractivity contribution < 1.29 is 9.59 Å². The second-order valence-electron chi connectivity index (χ2n) is 6.55. The number of aryl methyl sites for hydroxylation is 2. The van der Waals surface area contributed by atoms with Gasteiger partial charge in [0.25, 0.3) is 5.91 Å². The van der Waals surface area contributed by atoms with E-state index in [-0.39, 0.29) is 17.9 Å². The molecule has 1 atom stereocenters. The molecule has 0 radical (unpaired) electrons. The molecule has 1 aromatic carbocycles. The zero-order chi connectivity index (χ0) is 17.6. The van der Waals surface area contributed by atoms with Gasteiger partial charge in [-0.1, -0.05) is 6.07 Å². The summed E-state index contributed by atoms with van der Waals surface area (Å²) in [5, 5.41) is 5.89. The molecule has 2 aromatic rings. The fourth-order valence-corrected chi connectivity index (χ4v) is 3.06. The lowest BCUT2D eigenvalue weighted by Gasteiger charge is -2.18. The van der Waals surface area contributed by atoms with Gasteiger partial charge in [-0.2, -0.15) is 0 Å². The minimum atomic E-state index is -0.0615. The molecule has 1 unspecified atom stereocenters. The summed E-state index contributed by atoms with van der Waals surface area (Å²) in [4.78, 5) is 27.9. The Morgan fingerprint density at radius 3 is 3.00 bits per heavy atom. The first-order chi connectivity index (χ1) is 12.1. The maximum absolute atomic E-state index is 12.4. The number of benzene rings is 1. The summed E-state index contributed by atoms with van der Waals surface area (Å²) in [6.07, 6.45) is 7.70. The molecule has 2 amide bonds. The van der Waals surface area contributed by atoms with Gasteiger partial charge in [0.1, 0.15) is 0 Å². The van der Waals surface area contributed by atoms with E-state index in [4.69, 9.17) is 0 Å². The average Bonchev–Trinajstić information content (AvgIpc) is 2.62. The molecule has 2 heterocycles.